The molecule has 0 aliphatic carbocycles. The number of aliphatic carboxylic acids is 1. The lowest BCUT2D eigenvalue weighted by Gasteiger charge is -2.11. The average molecular weight is 797 g/mol. The molecule has 8 heteroatoms. The fraction of sp³-hybridized carbons (Fsp3) is 0.0755. The number of carboxylic acids is 1. The number of nitrogens with one attached hydrogen (secondary N) is 6. The Labute approximate surface area is 351 Å². The van der Waals surface area contributed by atoms with E-state index in [-0.39, 0.29) is 0 Å². The van der Waals surface area contributed by atoms with Gasteiger partial charge in [0.15, 0.2) is 0 Å². The van der Waals surface area contributed by atoms with Gasteiger partial charge in [-0.25, -0.2) is 0 Å². The topological polar surface area (TPSA) is 132 Å². The van der Waals surface area contributed by atoms with Gasteiger partial charge >= 0.3 is 5.97 Å². The zero-order valence-electron chi connectivity index (χ0n) is 33.5. The van der Waals surface area contributed by atoms with Crippen LogP contribution in [-0.2, 0) is 11.2 Å². The van der Waals surface area contributed by atoms with Crippen LogP contribution in [0, 0.1) is 0 Å². The Morgan fingerprint density at radius 1 is 0.393 bits per heavy atom. The highest BCUT2D eigenvalue weighted by molar-refractivity contribution is 5.96. The van der Waals surface area contributed by atoms with Gasteiger partial charge in [-0.05, 0) is 69.8 Å². The fourth-order valence-corrected chi connectivity index (χ4v) is 8.93. The average Bonchev–Trinajstić information content (AvgIpc) is 4.18. The van der Waals surface area contributed by atoms with E-state index in [1.165, 1.54) is 65.9 Å². The number of fused-ring (bicyclic) bond motifs is 6. The van der Waals surface area contributed by atoms with Gasteiger partial charge in [0, 0.05) is 115 Å². The molecule has 0 atom stereocenters. The van der Waals surface area contributed by atoms with E-state index in [1.807, 2.05) is 48.5 Å². The van der Waals surface area contributed by atoms with Gasteiger partial charge in [0.1, 0.15) is 5.92 Å². The van der Waals surface area contributed by atoms with Gasteiger partial charge in [-0.15, -0.1) is 0 Å². The van der Waals surface area contributed by atoms with Crippen LogP contribution in [0.4, 0.5) is 0 Å². The van der Waals surface area contributed by atoms with Gasteiger partial charge in [0.2, 0.25) is 0 Å². The van der Waals surface area contributed by atoms with Crippen LogP contribution in [0.15, 0.2) is 183 Å². The zero-order valence-corrected chi connectivity index (χ0v) is 33.5. The Morgan fingerprint density at radius 3 is 1.00 bits per heavy atom. The van der Waals surface area contributed by atoms with Crippen molar-refractivity contribution in [1.82, 2.24) is 29.9 Å². The molecule has 0 bridgehead atoms. The number of H-pyrrole nitrogens is 6. The lowest BCUT2D eigenvalue weighted by molar-refractivity contribution is -0.137. The van der Waals surface area contributed by atoms with Crippen LogP contribution < -0.4 is 0 Å². The smallest absolute Gasteiger partial charge is 0.315 e. The molecule has 12 rings (SSSR count). The monoisotopic (exact) mass is 796 g/mol. The van der Waals surface area contributed by atoms with E-state index in [1.54, 1.807) is 12.4 Å². The molecule has 0 aliphatic rings. The zero-order chi connectivity index (χ0) is 41.3. The SMILES string of the molecule is CC(c1c[nH]c2ccccc12)c1c[nH]c2ccccc12.O=C(O)C(c1c[nH]c2ccccc12)c1c[nH]c2ccccc12.c1ccc2c(Cc3c[nH]c4ccccc34)c[nH]c2c1. The van der Waals surface area contributed by atoms with Gasteiger partial charge in [0.05, 0.1) is 0 Å². The quantitative estimate of drug-likeness (QED) is 0.0865. The molecular weight excluding hydrogens is 753 g/mol. The van der Waals surface area contributed by atoms with Crippen molar-refractivity contribution in [1.29, 1.82) is 0 Å². The minimum absolute atomic E-state index is 0.363. The highest BCUT2D eigenvalue weighted by Gasteiger charge is 2.27. The summed E-state index contributed by atoms with van der Waals surface area (Å²) in [5, 5.41) is 16.9. The third-order valence-corrected chi connectivity index (χ3v) is 12.0. The number of benzene rings is 6. The summed E-state index contributed by atoms with van der Waals surface area (Å²) in [6, 6.07) is 49.4. The largest absolute Gasteiger partial charge is 0.481 e. The molecule has 0 unspecified atom stereocenters. The van der Waals surface area contributed by atoms with Crippen LogP contribution in [-0.4, -0.2) is 41.0 Å². The van der Waals surface area contributed by atoms with Crippen molar-refractivity contribution in [3.05, 3.63) is 216 Å². The molecule has 6 aromatic carbocycles. The summed E-state index contributed by atoms with van der Waals surface area (Å²) in [6.07, 6.45) is 13.1. The predicted molar refractivity (Wildman–Crippen MR) is 250 cm³/mol. The van der Waals surface area contributed by atoms with E-state index in [0.29, 0.717) is 5.92 Å². The normalized spacial score (nSPS) is 11.5. The van der Waals surface area contributed by atoms with E-state index < -0.39 is 11.9 Å². The Balaban J connectivity index is 0.000000110. The standard InChI is InChI=1S/C18H14N2O2.C18H16N2.C17H14N2/c21-18(22)17(13-9-19-15-7-3-1-5-11(13)15)14-10-20-16-8-4-2-6-12(14)16;1-12(15-10-19-17-8-4-2-6-13(15)17)16-11-20-18-9-5-3-7-14(16)18;1-3-7-16-14(5-1)12(10-18-16)9-13-11-19-17-8-4-2-6-15(13)17/h1-10,17,19-20H,(H,21,22);2-12,19-20H,1H3;1-8,10-11,18-19H,9H2. The molecule has 7 N–H and O–H groups in total. The molecule has 0 spiro atoms. The molecule has 298 valence electrons. The van der Waals surface area contributed by atoms with Crippen molar-refractivity contribution >= 4 is 71.4 Å². The van der Waals surface area contributed by atoms with Gasteiger partial charge in [-0.1, -0.05) is 116 Å². The fourth-order valence-electron chi connectivity index (χ4n) is 8.93. The van der Waals surface area contributed by atoms with Gasteiger partial charge < -0.3 is 35.0 Å². The van der Waals surface area contributed by atoms with Gasteiger partial charge in [-0.2, -0.15) is 0 Å². The second-order valence-corrected chi connectivity index (χ2v) is 15.5. The second kappa shape index (κ2) is 16.0. The molecule has 8 nitrogen and oxygen atoms in total. The first-order chi connectivity index (χ1) is 30.0. The lowest BCUT2D eigenvalue weighted by atomic mass is 9.91. The second-order valence-electron chi connectivity index (χ2n) is 15.5. The molecular formula is C53H44N6O2. The van der Waals surface area contributed by atoms with E-state index >= 15 is 0 Å². The van der Waals surface area contributed by atoms with Gasteiger partial charge in [-0.3, -0.25) is 4.79 Å². The van der Waals surface area contributed by atoms with Crippen LogP contribution in [0.5, 0.6) is 0 Å². The summed E-state index contributed by atoms with van der Waals surface area (Å²) >= 11 is 0. The molecule has 0 fully saturated rings. The summed E-state index contributed by atoms with van der Waals surface area (Å²) in [5.41, 5.74) is 13.7. The minimum atomic E-state index is -0.852. The van der Waals surface area contributed by atoms with Crippen LogP contribution in [0.3, 0.4) is 0 Å². The lowest BCUT2D eigenvalue weighted by Crippen LogP contribution is -2.12. The maximum atomic E-state index is 12.0. The summed E-state index contributed by atoms with van der Waals surface area (Å²) in [5.74, 6) is -1.19. The summed E-state index contributed by atoms with van der Waals surface area (Å²) in [6.45, 7) is 2.27. The molecule has 0 saturated carbocycles. The van der Waals surface area contributed by atoms with Crippen molar-refractivity contribution in [2.75, 3.05) is 0 Å². The molecule has 6 heterocycles. The van der Waals surface area contributed by atoms with E-state index in [9.17, 15) is 9.90 Å². The molecule has 61 heavy (non-hydrogen) atoms. The Hall–Kier alpha value is -7.97. The number of hydrogen-bond acceptors (Lipinski definition) is 1. The Kier molecular flexibility index (Phi) is 9.78. The number of aromatic nitrogens is 6. The Morgan fingerprint density at radius 2 is 0.656 bits per heavy atom. The Bertz CT molecular complexity index is 3220. The van der Waals surface area contributed by atoms with Crippen molar-refractivity contribution in [3.8, 4) is 0 Å². The van der Waals surface area contributed by atoms with Gasteiger partial charge in [0.25, 0.3) is 0 Å². The third-order valence-electron chi connectivity index (χ3n) is 12.0. The number of rotatable bonds is 7. The molecule has 12 aromatic rings. The number of para-hydroxylation sites is 6. The summed E-state index contributed by atoms with van der Waals surface area (Å²) in [4.78, 5) is 31.7. The van der Waals surface area contributed by atoms with Crippen LogP contribution >= 0.6 is 0 Å². The van der Waals surface area contributed by atoms with Crippen LogP contribution in [0.1, 0.15) is 52.1 Å². The minimum Gasteiger partial charge on any atom is -0.481 e. The number of carbonyl (C=O) groups is 1. The van der Waals surface area contributed by atoms with Crippen molar-refractivity contribution in [2.45, 2.75) is 25.2 Å². The van der Waals surface area contributed by atoms with Crippen molar-refractivity contribution in [2.24, 2.45) is 0 Å². The molecule has 0 amide bonds. The number of aromatic amines is 6. The predicted octanol–water partition coefficient (Wildman–Crippen LogP) is 12.9. The molecule has 6 aromatic heterocycles. The number of carboxylic acid groups (broad SMARTS) is 1. The maximum absolute atomic E-state index is 12.0. The highest BCUT2D eigenvalue weighted by atomic mass is 16.4. The number of hydrogen-bond donors (Lipinski definition) is 7. The molecule has 0 aliphatic heterocycles. The van der Waals surface area contributed by atoms with E-state index in [0.717, 1.165) is 39.4 Å². The third kappa shape index (κ3) is 7.04. The molecule has 0 saturated heterocycles. The van der Waals surface area contributed by atoms with E-state index in [2.05, 4.69) is 159 Å². The highest BCUT2D eigenvalue weighted by Crippen LogP contribution is 2.36. The summed E-state index contributed by atoms with van der Waals surface area (Å²) < 4.78 is 0. The first-order valence-electron chi connectivity index (χ1n) is 20.6. The van der Waals surface area contributed by atoms with E-state index in [4.69, 9.17) is 0 Å². The maximum Gasteiger partial charge on any atom is 0.315 e. The first kappa shape index (κ1) is 37.3. The summed E-state index contributed by atoms with van der Waals surface area (Å²) in [7, 11) is 0. The first-order valence-corrected chi connectivity index (χ1v) is 20.6. The van der Waals surface area contributed by atoms with Crippen molar-refractivity contribution < 1.29 is 9.90 Å². The molecule has 0 radical (unpaired) electrons. The van der Waals surface area contributed by atoms with Crippen LogP contribution in [0.2, 0.25) is 0 Å². The van der Waals surface area contributed by atoms with Crippen molar-refractivity contribution in [3.63, 3.8) is 0 Å². The van der Waals surface area contributed by atoms with Crippen LogP contribution in [0.25, 0.3) is 65.4 Å².